The van der Waals surface area contributed by atoms with Crippen LogP contribution in [0, 0.1) is 10.1 Å². The molecule has 4 aromatic rings. The number of ether oxygens (including phenoxy) is 2. The van der Waals surface area contributed by atoms with Gasteiger partial charge < -0.3 is 25.4 Å². The van der Waals surface area contributed by atoms with E-state index in [9.17, 15) is 24.5 Å². The summed E-state index contributed by atoms with van der Waals surface area (Å²) in [5, 5.41) is 18.8. The van der Waals surface area contributed by atoms with Crippen molar-refractivity contribution in [3.05, 3.63) is 124 Å². The maximum Gasteiger partial charge on any atom is 0.272 e. The van der Waals surface area contributed by atoms with E-state index in [1.165, 1.54) is 56.3 Å². The van der Waals surface area contributed by atoms with Crippen LogP contribution in [-0.2, 0) is 9.59 Å². The Balaban J connectivity index is 1.49. The van der Waals surface area contributed by atoms with E-state index >= 15 is 0 Å². The predicted molar refractivity (Wildman–Crippen MR) is 174 cm³/mol. The smallest absolute Gasteiger partial charge is 0.272 e. The number of carbonyl (C=O) groups is 3. The van der Waals surface area contributed by atoms with Crippen LogP contribution in [0.2, 0.25) is 0 Å². The van der Waals surface area contributed by atoms with Crippen LogP contribution < -0.4 is 25.4 Å². The van der Waals surface area contributed by atoms with Gasteiger partial charge in [0.05, 0.1) is 24.4 Å². The fourth-order valence-electron chi connectivity index (χ4n) is 4.03. The molecule has 0 aliphatic heterocycles. The van der Waals surface area contributed by atoms with Crippen LogP contribution in [0.15, 0.2) is 108 Å². The number of anilines is 2. The molecule has 0 aromatic heterocycles. The Morgan fingerprint density at radius 2 is 1.49 bits per heavy atom. The average Bonchev–Trinajstić information content (AvgIpc) is 3.04. The van der Waals surface area contributed by atoms with Crippen molar-refractivity contribution in [2.75, 3.05) is 24.9 Å². The first kappa shape index (κ1) is 32.3. The summed E-state index contributed by atoms with van der Waals surface area (Å²) in [5.41, 5.74) is 1.59. The lowest BCUT2D eigenvalue weighted by Gasteiger charge is -2.15. The number of nitro groups is 1. The molecular weight excluding hydrogens is 596 g/mol. The van der Waals surface area contributed by atoms with Crippen LogP contribution in [0.3, 0.4) is 0 Å². The Labute approximate surface area is 263 Å². The zero-order valence-corrected chi connectivity index (χ0v) is 25.4. The molecule has 0 saturated heterocycles. The fourth-order valence-corrected chi connectivity index (χ4v) is 4.95. The second-order valence-corrected chi connectivity index (χ2v) is 11.0. The summed E-state index contributed by atoms with van der Waals surface area (Å²) < 4.78 is 10.5. The fraction of sp³-hybridized carbons (Fsp3) is 0.121. The van der Waals surface area contributed by atoms with E-state index in [4.69, 9.17) is 9.47 Å². The molecule has 0 spiro atoms. The third-order valence-electron chi connectivity index (χ3n) is 6.34. The number of hydrogen-bond donors (Lipinski definition) is 3. The summed E-state index contributed by atoms with van der Waals surface area (Å²) in [5.74, 6) is -0.290. The van der Waals surface area contributed by atoms with Gasteiger partial charge in [-0.15, -0.1) is 11.8 Å². The monoisotopic (exact) mass is 626 g/mol. The molecule has 4 aromatic carbocycles. The van der Waals surface area contributed by atoms with Gasteiger partial charge in [-0.3, -0.25) is 24.5 Å². The van der Waals surface area contributed by atoms with Gasteiger partial charge in [0.2, 0.25) is 5.91 Å². The molecule has 12 heteroatoms. The first-order valence-electron chi connectivity index (χ1n) is 13.6. The van der Waals surface area contributed by atoms with Crippen molar-refractivity contribution >= 4 is 52.6 Å². The van der Waals surface area contributed by atoms with E-state index < -0.39 is 22.0 Å². The third-order valence-corrected chi connectivity index (χ3v) is 7.43. The van der Waals surface area contributed by atoms with Gasteiger partial charge in [-0.1, -0.05) is 24.3 Å². The van der Waals surface area contributed by atoms with Gasteiger partial charge in [0, 0.05) is 52.2 Å². The Hall–Kier alpha value is -5.62. The van der Waals surface area contributed by atoms with Crippen LogP contribution in [0.5, 0.6) is 11.5 Å². The number of amides is 3. The van der Waals surface area contributed by atoms with Gasteiger partial charge in [0.1, 0.15) is 17.2 Å². The van der Waals surface area contributed by atoms with Gasteiger partial charge in [-0.25, -0.2) is 0 Å². The van der Waals surface area contributed by atoms with Crippen LogP contribution in [-0.4, -0.2) is 42.1 Å². The average molecular weight is 627 g/mol. The standard InChI is InChI=1S/C33H30N4O7S/c1-21(31(38)35-25-17-27(43-2)20-28(18-25)44-3)45-29-11-7-10-24(19-29)34-33(40)30(36-32(39)23-8-5-4-6-9-23)16-22-12-14-26(15-13-22)37(41)42/h4-21H,1-3H3,(H,34,40)(H,35,38)(H,36,39)/b30-16+. The Morgan fingerprint density at radius 3 is 2.11 bits per heavy atom. The summed E-state index contributed by atoms with van der Waals surface area (Å²) in [6, 6.07) is 26.0. The molecule has 45 heavy (non-hydrogen) atoms. The van der Waals surface area contributed by atoms with Crippen LogP contribution in [0.4, 0.5) is 17.1 Å². The van der Waals surface area contributed by atoms with Crippen molar-refractivity contribution in [2.45, 2.75) is 17.1 Å². The number of benzene rings is 4. The number of methoxy groups -OCH3 is 2. The number of nitro benzene ring substituents is 1. The topological polar surface area (TPSA) is 149 Å². The van der Waals surface area contributed by atoms with Gasteiger partial charge in [-0.05, 0) is 61.0 Å². The molecular formula is C33H30N4O7S. The van der Waals surface area contributed by atoms with E-state index in [0.29, 0.717) is 38.9 Å². The molecule has 0 radical (unpaired) electrons. The minimum atomic E-state index is -0.613. The number of hydrogen-bond acceptors (Lipinski definition) is 8. The van der Waals surface area contributed by atoms with Gasteiger partial charge >= 0.3 is 0 Å². The van der Waals surface area contributed by atoms with Crippen molar-refractivity contribution in [3.8, 4) is 11.5 Å². The Bertz CT molecular complexity index is 1700. The summed E-state index contributed by atoms with van der Waals surface area (Å²) in [6.45, 7) is 1.76. The van der Waals surface area contributed by atoms with E-state index in [-0.39, 0.29) is 17.3 Å². The second kappa shape index (κ2) is 15.2. The molecule has 0 bridgehead atoms. The summed E-state index contributed by atoms with van der Waals surface area (Å²) in [7, 11) is 3.05. The molecule has 3 amide bonds. The van der Waals surface area contributed by atoms with E-state index in [1.807, 2.05) is 6.07 Å². The molecule has 3 N–H and O–H groups in total. The molecule has 1 atom stereocenters. The molecule has 0 aliphatic rings. The number of rotatable bonds is 12. The number of carbonyl (C=O) groups excluding carboxylic acids is 3. The minimum absolute atomic E-state index is 0.0720. The quantitative estimate of drug-likeness (QED) is 0.0735. The highest BCUT2D eigenvalue weighted by Crippen LogP contribution is 2.29. The number of nitrogens with zero attached hydrogens (tertiary/aromatic N) is 1. The third kappa shape index (κ3) is 9.18. The molecule has 0 saturated carbocycles. The molecule has 1 unspecified atom stereocenters. The lowest BCUT2D eigenvalue weighted by atomic mass is 10.1. The highest BCUT2D eigenvalue weighted by Gasteiger charge is 2.18. The maximum atomic E-state index is 13.4. The summed E-state index contributed by atoms with van der Waals surface area (Å²) in [6.07, 6.45) is 1.43. The Kier molecular flexibility index (Phi) is 10.9. The van der Waals surface area contributed by atoms with E-state index in [1.54, 1.807) is 73.7 Å². The zero-order chi connectivity index (χ0) is 32.3. The van der Waals surface area contributed by atoms with Crippen molar-refractivity contribution in [1.82, 2.24) is 5.32 Å². The molecule has 230 valence electrons. The van der Waals surface area contributed by atoms with Crippen LogP contribution in [0.1, 0.15) is 22.8 Å². The van der Waals surface area contributed by atoms with E-state index in [0.717, 1.165) is 0 Å². The minimum Gasteiger partial charge on any atom is -0.497 e. The lowest BCUT2D eigenvalue weighted by Crippen LogP contribution is -2.30. The zero-order valence-electron chi connectivity index (χ0n) is 24.6. The highest BCUT2D eigenvalue weighted by atomic mass is 32.2. The van der Waals surface area contributed by atoms with Crippen molar-refractivity contribution in [3.63, 3.8) is 0 Å². The maximum absolute atomic E-state index is 13.4. The first-order chi connectivity index (χ1) is 21.6. The molecule has 4 rings (SSSR count). The van der Waals surface area contributed by atoms with Crippen LogP contribution in [0.25, 0.3) is 6.08 Å². The Morgan fingerprint density at radius 1 is 0.822 bits per heavy atom. The predicted octanol–water partition coefficient (Wildman–Crippen LogP) is 6.14. The summed E-state index contributed by atoms with van der Waals surface area (Å²) >= 11 is 1.29. The van der Waals surface area contributed by atoms with Crippen molar-refractivity contribution in [2.24, 2.45) is 0 Å². The largest absolute Gasteiger partial charge is 0.497 e. The SMILES string of the molecule is COc1cc(NC(=O)C(C)Sc2cccc(NC(=O)/C(=C\c3ccc([N+](=O)[O-])cc3)NC(=O)c3ccccc3)c2)cc(OC)c1. The second-order valence-electron chi connectivity index (χ2n) is 9.56. The summed E-state index contributed by atoms with van der Waals surface area (Å²) in [4.78, 5) is 50.5. The number of nitrogens with one attached hydrogen (secondary N) is 3. The van der Waals surface area contributed by atoms with Gasteiger partial charge in [0.15, 0.2) is 0 Å². The normalized spacial score (nSPS) is 11.6. The molecule has 11 nitrogen and oxygen atoms in total. The van der Waals surface area contributed by atoms with Gasteiger partial charge in [-0.2, -0.15) is 0 Å². The number of thioether (sulfide) groups is 1. The molecule has 0 aliphatic carbocycles. The van der Waals surface area contributed by atoms with Crippen molar-refractivity contribution < 1.29 is 28.8 Å². The van der Waals surface area contributed by atoms with Gasteiger partial charge in [0.25, 0.3) is 17.5 Å². The molecule has 0 fully saturated rings. The first-order valence-corrected chi connectivity index (χ1v) is 14.5. The van der Waals surface area contributed by atoms with Crippen LogP contribution >= 0.6 is 11.8 Å². The molecule has 0 heterocycles. The highest BCUT2D eigenvalue weighted by molar-refractivity contribution is 8.00. The number of non-ortho nitro benzene ring substituents is 1. The van der Waals surface area contributed by atoms with E-state index in [2.05, 4.69) is 16.0 Å². The van der Waals surface area contributed by atoms with Crippen molar-refractivity contribution in [1.29, 1.82) is 0 Å². The lowest BCUT2D eigenvalue weighted by molar-refractivity contribution is -0.384.